The topological polar surface area (TPSA) is 0 Å². The van der Waals surface area contributed by atoms with E-state index >= 15 is 0 Å². The zero-order valence-corrected chi connectivity index (χ0v) is 31.6. The smallest absolute Gasteiger partial charge is 0.0414 e. The fourth-order valence-electron chi connectivity index (χ4n) is 7.17. The minimum Gasteiger partial charge on any atom is -0.0654 e. The Bertz CT molecular complexity index is 467. The van der Waals surface area contributed by atoms with Gasteiger partial charge < -0.3 is 0 Å². The van der Waals surface area contributed by atoms with Gasteiger partial charge in [-0.25, -0.2) is 0 Å². The first-order chi connectivity index (χ1) is 21.8. The molecule has 0 saturated heterocycles. The van der Waals surface area contributed by atoms with E-state index < -0.39 is 0 Å². The molecule has 0 bridgehead atoms. The molecule has 0 aliphatic heterocycles. The highest BCUT2D eigenvalue weighted by Gasteiger charge is 2.03. The number of hydrogen-bond donors (Lipinski definition) is 0. The first kappa shape index (κ1) is 44.0. The Morgan fingerprint density at radius 2 is 0.364 bits per heavy atom. The second-order valence-corrected chi connectivity index (χ2v) is 15.2. The lowest BCUT2D eigenvalue weighted by Crippen LogP contribution is -1.95. The molecule has 0 aliphatic carbocycles. The zero-order chi connectivity index (χ0) is 31.9. The molecule has 1 atom stereocenters. The van der Waals surface area contributed by atoms with E-state index in [-0.39, 0.29) is 0 Å². The van der Waals surface area contributed by atoms with E-state index in [0.717, 1.165) is 0 Å². The third-order valence-corrected chi connectivity index (χ3v) is 10.4. The number of hydrogen-bond acceptors (Lipinski definition) is 0. The lowest BCUT2D eigenvalue weighted by molar-refractivity contribution is 0.459. The average Bonchev–Trinajstić information content (AvgIpc) is 3.03. The maximum atomic E-state index is 4.47. The van der Waals surface area contributed by atoms with Crippen LogP contribution in [-0.4, -0.2) is 0 Å². The molecule has 0 rings (SSSR count). The van der Waals surface area contributed by atoms with E-state index in [4.69, 9.17) is 0 Å². The first-order valence-electron chi connectivity index (χ1n) is 21.6. The van der Waals surface area contributed by atoms with Crippen molar-refractivity contribution in [1.82, 2.24) is 0 Å². The molecular weight excluding hydrogens is 528 g/mol. The Kier molecular flexibility index (Phi) is 41.0. The van der Waals surface area contributed by atoms with Crippen molar-refractivity contribution in [3.05, 3.63) is 6.92 Å². The van der Waals surface area contributed by atoms with Gasteiger partial charge in [0.05, 0.1) is 0 Å². The van der Waals surface area contributed by atoms with Crippen molar-refractivity contribution in [2.75, 3.05) is 0 Å². The van der Waals surface area contributed by atoms with Crippen molar-refractivity contribution in [2.24, 2.45) is 5.92 Å². The maximum absolute atomic E-state index is 4.47. The molecule has 0 fully saturated rings. The minimum absolute atomic E-state index is 0.714. The van der Waals surface area contributed by atoms with Crippen LogP contribution in [0.1, 0.15) is 271 Å². The highest BCUT2D eigenvalue weighted by molar-refractivity contribution is 4.62. The van der Waals surface area contributed by atoms with Crippen LogP contribution >= 0.6 is 0 Å². The summed E-state index contributed by atoms with van der Waals surface area (Å²) in [6, 6.07) is 0. The van der Waals surface area contributed by atoms with Crippen molar-refractivity contribution >= 4 is 0 Å². The second-order valence-electron chi connectivity index (χ2n) is 15.2. The lowest BCUT2D eigenvalue weighted by Gasteiger charge is -2.11. The van der Waals surface area contributed by atoms with E-state index in [1.165, 1.54) is 257 Å². The average molecular weight is 618 g/mol. The van der Waals surface area contributed by atoms with Gasteiger partial charge in [0.1, 0.15) is 0 Å². The van der Waals surface area contributed by atoms with Crippen LogP contribution in [0.15, 0.2) is 0 Å². The van der Waals surface area contributed by atoms with Gasteiger partial charge in [0.25, 0.3) is 0 Å². The highest BCUT2D eigenvalue weighted by atomic mass is 14.1. The summed E-state index contributed by atoms with van der Waals surface area (Å²) < 4.78 is 0. The minimum atomic E-state index is 0.714. The summed E-state index contributed by atoms with van der Waals surface area (Å²) >= 11 is 0. The molecule has 0 saturated carbocycles. The van der Waals surface area contributed by atoms with Gasteiger partial charge in [-0.05, 0) is 5.92 Å². The van der Waals surface area contributed by atoms with Crippen LogP contribution in [0.5, 0.6) is 0 Å². The Balaban J connectivity index is 3.13. The van der Waals surface area contributed by atoms with E-state index in [9.17, 15) is 0 Å². The molecule has 0 spiro atoms. The molecule has 0 N–H and O–H groups in total. The summed E-state index contributed by atoms with van der Waals surface area (Å²) in [6.07, 6.45) is 58.5. The summed E-state index contributed by atoms with van der Waals surface area (Å²) in [7, 11) is 0. The SMILES string of the molecule is [CH2]C(CCCCCCCCCCCCCCCCCCCC)CCCCCCCCCCCCCCCCCCCCCC. The quantitative estimate of drug-likeness (QED) is 0.0600. The molecular formula is C44H89. The van der Waals surface area contributed by atoms with Crippen LogP contribution < -0.4 is 0 Å². The number of rotatable bonds is 40. The van der Waals surface area contributed by atoms with Crippen molar-refractivity contribution in [1.29, 1.82) is 0 Å². The van der Waals surface area contributed by atoms with E-state index in [2.05, 4.69) is 20.8 Å². The van der Waals surface area contributed by atoms with E-state index in [1.54, 1.807) is 0 Å². The van der Waals surface area contributed by atoms with Crippen LogP contribution in [0.2, 0.25) is 0 Å². The summed E-state index contributed by atoms with van der Waals surface area (Å²) in [5, 5.41) is 0. The second kappa shape index (κ2) is 41.0. The lowest BCUT2D eigenvalue weighted by atomic mass is 9.95. The van der Waals surface area contributed by atoms with Crippen LogP contribution in [0.3, 0.4) is 0 Å². The van der Waals surface area contributed by atoms with Crippen molar-refractivity contribution in [2.45, 2.75) is 271 Å². The molecule has 0 nitrogen and oxygen atoms in total. The van der Waals surface area contributed by atoms with Crippen LogP contribution in [0.25, 0.3) is 0 Å². The van der Waals surface area contributed by atoms with Gasteiger partial charge in [-0.2, -0.15) is 0 Å². The van der Waals surface area contributed by atoms with Gasteiger partial charge in [0.15, 0.2) is 0 Å². The highest BCUT2D eigenvalue weighted by Crippen LogP contribution is 2.20. The Morgan fingerprint density at radius 1 is 0.227 bits per heavy atom. The summed E-state index contributed by atoms with van der Waals surface area (Å²) in [5.41, 5.74) is 0. The molecule has 1 unspecified atom stereocenters. The van der Waals surface area contributed by atoms with Gasteiger partial charge in [-0.15, -0.1) is 0 Å². The van der Waals surface area contributed by atoms with Crippen LogP contribution in [0, 0.1) is 12.8 Å². The fraction of sp³-hybridized carbons (Fsp3) is 0.977. The predicted molar refractivity (Wildman–Crippen MR) is 205 cm³/mol. The van der Waals surface area contributed by atoms with Gasteiger partial charge in [0, 0.05) is 0 Å². The van der Waals surface area contributed by atoms with Gasteiger partial charge in [0.2, 0.25) is 0 Å². The summed E-state index contributed by atoms with van der Waals surface area (Å²) in [4.78, 5) is 0. The largest absolute Gasteiger partial charge is 0.0654 e. The van der Waals surface area contributed by atoms with Crippen molar-refractivity contribution < 1.29 is 0 Å². The summed E-state index contributed by atoms with van der Waals surface area (Å²) in [6.45, 7) is 9.09. The standard InChI is InChI=1S/C44H89/c1-4-6-8-10-12-14-16-18-20-22-24-25-27-29-31-33-35-37-39-41-43-44(3)42-40-38-36-34-32-30-28-26-23-21-19-17-15-13-11-9-7-5-2/h44H,3-43H2,1-2H3. The molecule has 0 aromatic rings. The molecule has 0 heteroatoms. The monoisotopic (exact) mass is 618 g/mol. The van der Waals surface area contributed by atoms with E-state index in [1.807, 2.05) is 0 Å². The zero-order valence-electron chi connectivity index (χ0n) is 31.6. The molecule has 0 aromatic heterocycles. The Hall–Kier alpha value is 0. The van der Waals surface area contributed by atoms with Gasteiger partial charge >= 0.3 is 0 Å². The molecule has 44 heavy (non-hydrogen) atoms. The number of unbranched alkanes of at least 4 members (excludes halogenated alkanes) is 36. The van der Waals surface area contributed by atoms with Crippen molar-refractivity contribution in [3.8, 4) is 0 Å². The normalized spacial score (nSPS) is 12.3. The molecule has 0 heterocycles. The van der Waals surface area contributed by atoms with Gasteiger partial charge in [-0.1, -0.05) is 278 Å². The third kappa shape index (κ3) is 40.0. The predicted octanol–water partition coefficient (Wildman–Crippen LogP) is 17.1. The van der Waals surface area contributed by atoms with Crippen LogP contribution in [-0.2, 0) is 0 Å². The molecule has 265 valence electrons. The van der Waals surface area contributed by atoms with Gasteiger partial charge in [-0.3, -0.25) is 0 Å². The fourth-order valence-corrected chi connectivity index (χ4v) is 7.17. The maximum Gasteiger partial charge on any atom is -0.0414 e. The molecule has 0 aliphatic rings. The Labute approximate surface area is 282 Å². The molecule has 0 amide bonds. The van der Waals surface area contributed by atoms with Crippen LogP contribution in [0.4, 0.5) is 0 Å². The van der Waals surface area contributed by atoms with E-state index in [0.29, 0.717) is 5.92 Å². The molecule has 1 radical (unpaired) electrons. The third-order valence-electron chi connectivity index (χ3n) is 10.4. The Morgan fingerprint density at radius 3 is 0.523 bits per heavy atom. The molecule has 0 aromatic carbocycles. The van der Waals surface area contributed by atoms with Crippen molar-refractivity contribution in [3.63, 3.8) is 0 Å². The first-order valence-corrected chi connectivity index (χ1v) is 21.6. The summed E-state index contributed by atoms with van der Waals surface area (Å²) in [5.74, 6) is 0.714.